The summed E-state index contributed by atoms with van der Waals surface area (Å²) < 4.78 is 0. The lowest BCUT2D eigenvalue weighted by Gasteiger charge is -2.44. The smallest absolute Gasteiger partial charge is 0.0446 e. The van der Waals surface area contributed by atoms with Crippen molar-refractivity contribution in [2.24, 2.45) is 0 Å². The molecule has 3 heteroatoms. The molecule has 0 radical (unpaired) electrons. The SMILES string of the molecule is CC1CN(Cc2ccccc2)C(CCO)CN1C. The van der Waals surface area contributed by atoms with E-state index in [9.17, 15) is 5.11 Å². The van der Waals surface area contributed by atoms with Crippen LogP contribution in [-0.2, 0) is 6.54 Å². The van der Waals surface area contributed by atoms with E-state index in [1.54, 1.807) is 0 Å². The molecule has 3 nitrogen and oxygen atoms in total. The fourth-order valence-corrected chi connectivity index (χ4v) is 2.69. The maximum atomic E-state index is 9.21. The lowest BCUT2D eigenvalue weighted by molar-refractivity contribution is 0.0338. The van der Waals surface area contributed by atoms with Crippen molar-refractivity contribution in [2.75, 3.05) is 26.7 Å². The van der Waals surface area contributed by atoms with Crippen LogP contribution in [0.5, 0.6) is 0 Å². The fourth-order valence-electron chi connectivity index (χ4n) is 2.69. The second-order valence-corrected chi connectivity index (χ2v) is 5.37. The molecule has 1 saturated heterocycles. The van der Waals surface area contributed by atoms with Gasteiger partial charge in [0.25, 0.3) is 0 Å². The molecule has 2 rings (SSSR count). The lowest BCUT2D eigenvalue weighted by atomic mass is 10.0. The van der Waals surface area contributed by atoms with Gasteiger partial charge in [0.05, 0.1) is 0 Å². The average molecular weight is 248 g/mol. The van der Waals surface area contributed by atoms with E-state index in [4.69, 9.17) is 0 Å². The normalized spacial score (nSPS) is 26.4. The Balaban J connectivity index is 2.03. The van der Waals surface area contributed by atoms with Crippen molar-refractivity contribution in [2.45, 2.75) is 32.0 Å². The molecule has 1 fully saturated rings. The molecular formula is C15H24N2O. The number of benzene rings is 1. The summed E-state index contributed by atoms with van der Waals surface area (Å²) in [5, 5.41) is 9.21. The van der Waals surface area contributed by atoms with Crippen LogP contribution in [0.1, 0.15) is 18.9 Å². The second-order valence-electron chi connectivity index (χ2n) is 5.37. The van der Waals surface area contributed by atoms with Crippen LogP contribution in [0.4, 0.5) is 0 Å². The highest BCUT2D eigenvalue weighted by atomic mass is 16.3. The third-order valence-corrected chi connectivity index (χ3v) is 3.96. The molecule has 1 N–H and O–H groups in total. The largest absolute Gasteiger partial charge is 0.396 e. The molecule has 0 aliphatic carbocycles. The summed E-state index contributed by atoms with van der Waals surface area (Å²) in [6, 6.07) is 11.7. The van der Waals surface area contributed by atoms with E-state index < -0.39 is 0 Å². The highest BCUT2D eigenvalue weighted by Gasteiger charge is 2.28. The van der Waals surface area contributed by atoms with E-state index in [1.165, 1.54) is 5.56 Å². The number of hydrogen-bond donors (Lipinski definition) is 1. The molecule has 0 bridgehead atoms. The summed E-state index contributed by atoms with van der Waals surface area (Å²) in [4.78, 5) is 4.90. The van der Waals surface area contributed by atoms with Gasteiger partial charge in [-0.25, -0.2) is 0 Å². The van der Waals surface area contributed by atoms with Crippen molar-refractivity contribution in [3.8, 4) is 0 Å². The molecule has 0 saturated carbocycles. The van der Waals surface area contributed by atoms with Crippen molar-refractivity contribution < 1.29 is 5.11 Å². The van der Waals surface area contributed by atoms with Gasteiger partial charge in [-0.15, -0.1) is 0 Å². The molecule has 0 amide bonds. The molecule has 1 aliphatic rings. The van der Waals surface area contributed by atoms with Gasteiger partial charge in [-0.05, 0) is 26.0 Å². The Hall–Kier alpha value is -0.900. The van der Waals surface area contributed by atoms with Crippen LogP contribution in [0.2, 0.25) is 0 Å². The first-order chi connectivity index (χ1) is 8.70. The number of hydrogen-bond acceptors (Lipinski definition) is 3. The number of aliphatic hydroxyl groups is 1. The van der Waals surface area contributed by atoms with Crippen LogP contribution in [-0.4, -0.2) is 53.7 Å². The Kier molecular flexibility index (Phi) is 4.75. The molecule has 1 heterocycles. The Morgan fingerprint density at radius 2 is 1.94 bits per heavy atom. The third kappa shape index (κ3) is 3.31. The lowest BCUT2D eigenvalue weighted by Crippen LogP contribution is -2.55. The summed E-state index contributed by atoms with van der Waals surface area (Å²) in [6.07, 6.45) is 0.865. The van der Waals surface area contributed by atoms with Crippen LogP contribution in [0.3, 0.4) is 0 Å². The molecule has 100 valence electrons. The van der Waals surface area contributed by atoms with Gasteiger partial charge in [-0.3, -0.25) is 4.90 Å². The van der Waals surface area contributed by atoms with Crippen LogP contribution in [0, 0.1) is 0 Å². The van der Waals surface area contributed by atoms with Gasteiger partial charge in [0.2, 0.25) is 0 Å². The molecule has 1 aromatic rings. The van der Waals surface area contributed by atoms with E-state index in [1.807, 2.05) is 0 Å². The molecule has 0 aromatic heterocycles. The van der Waals surface area contributed by atoms with E-state index in [0.717, 1.165) is 26.1 Å². The minimum Gasteiger partial charge on any atom is -0.396 e. The average Bonchev–Trinajstić information content (AvgIpc) is 2.37. The highest BCUT2D eigenvalue weighted by Crippen LogP contribution is 2.18. The predicted octanol–water partition coefficient (Wildman–Crippen LogP) is 1.57. The molecule has 1 aliphatic heterocycles. The predicted molar refractivity (Wildman–Crippen MR) is 74.4 cm³/mol. The van der Waals surface area contributed by atoms with Crippen LogP contribution < -0.4 is 0 Å². The Labute approximate surface area is 110 Å². The fraction of sp³-hybridized carbons (Fsp3) is 0.600. The quantitative estimate of drug-likeness (QED) is 0.876. The Morgan fingerprint density at radius 1 is 1.22 bits per heavy atom. The monoisotopic (exact) mass is 248 g/mol. The number of piperazine rings is 1. The summed E-state index contributed by atoms with van der Waals surface area (Å²) in [5.74, 6) is 0. The van der Waals surface area contributed by atoms with Gasteiger partial charge in [-0.2, -0.15) is 0 Å². The van der Waals surface area contributed by atoms with Gasteiger partial charge in [0, 0.05) is 38.3 Å². The summed E-state index contributed by atoms with van der Waals surface area (Å²) in [6.45, 7) is 5.67. The minimum absolute atomic E-state index is 0.276. The van der Waals surface area contributed by atoms with Gasteiger partial charge < -0.3 is 10.0 Å². The first-order valence-corrected chi connectivity index (χ1v) is 6.79. The van der Waals surface area contributed by atoms with Crippen molar-refractivity contribution in [1.82, 2.24) is 9.80 Å². The van der Waals surface area contributed by atoms with Crippen molar-refractivity contribution in [3.05, 3.63) is 35.9 Å². The molecular weight excluding hydrogens is 224 g/mol. The number of rotatable bonds is 4. The van der Waals surface area contributed by atoms with E-state index in [-0.39, 0.29) is 6.61 Å². The van der Waals surface area contributed by atoms with Gasteiger partial charge in [-0.1, -0.05) is 30.3 Å². The minimum atomic E-state index is 0.276. The molecule has 18 heavy (non-hydrogen) atoms. The molecule has 2 unspecified atom stereocenters. The zero-order valence-corrected chi connectivity index (χ0v) is 11.4. The number of likely N-dealkylation sites (N-methyl/N-ethyl adjacent to an activating group) is 1. The van der Waals surface area contributed by atoms with Gasteiger partial charge in [0.1, 0.15) is 0 Å². The highest BCUT2D eigenvalue weighted by molar-refractivity contribution is 5.14. The zero-order chi connectivity index (χ0) is 13.0. The van der Waals surface area contributed by atoms with Crippen LogP contribution in [0.15, 0.2) is 30.3 Å². The van der Waals surface area contributed by atoms with E-state index in [2.05, 4.69) is 54.1 Å². The second kappa shape index (κ2) is 6.32. The van der Waals surface area contributed by atoms with Crippen LogP contribution in [0.25, 0.3) is 0 Å². The maximum absolute atomic E-state index is 9.21. The zero-order valence-electron chi connectivity index (χ0n) is 11.4. The first-order valence-electron chi connectivity index (χ1n) is 6.79. The molecule has 0 spiro atoms. The van der Waals surface area contributed by atoms with Crippen molar-refractivity contribution >= 4 is 0 Å². The third-order valence-electron chi connectivity index (χ3n) is 3.96. The van der Waals surface area contributed by atoms with Crippen molar-refractivity contribution in [1.29, 1.82) is 0 Å². The number of nitrogens with zero attached hydrogens (tertiary/aromatic N) is 2. The number of aliphatic hydroxyl groups excluding tert-OH is 1. The standard InChI is InChI=1S/C15H24N2O/c1-13-10-17(11-14-6-4-3-5-7-14)15(8-9-18)12-16(13)2/h3-7,13,15,18H,8-12H2,1-2H3. The first kappa shape index (κ1) is 13.5. The summed E-state index contributed by atoms with van der Waals surface area (Å²) >= 11 is 0. The molecule has 1 aromatic carbocycles. The van der Waals surface area contributed by atoms with Crippen molar-refractivity contribution in [3.63, 3.8) is 0 Å². The Morgan fingerprint density at radius 3 is 2.61 bits per heavy atom. The van der Waals surface area contributed by atoms with Gasteiger partial charge in [0.15, 0.2) is 0 Å². The van der Waals surface area contributed by atoms with E-state index in [0.29, 0.717) is 12.1 Å². The van der Waals surface area contributed by atoms with E-state index >= 15 is 0 Å². The topological polar surface area (TPSA) is 26.7 Å². The van der Waals surface area contributed by atoms with Crippen LogP contribution >= 0.6 is 0 Å². The Bertz CT molecular complexity index is 355. The summed E-state index contributed by atoms with van der Waals surface area (Å²) in [7, 11) is 2.18. The maximum Gasteiger partial charge on any atom is 0.0446 e. The summed E-state index contributed by atoms with van der Waals surface area (Å²) in [5.41, 5.74) is 1.36. The van der Waals surface area contributed by atoms with Gasteiger partial charge >= 0.3 is 0 Å². The molecule has 2 atom stereocenters.